The molecule has 39 heavy (non-hydrogen) atoms. The van der Waals surface area contributed by atoms with Gasteiger partial charge in [0.1, 0.15) is 11.3 Å². The van der Waals surface area contributed by atoms with Crippen molar-refractivity contribution in [2.75, 3.05) is 27.3 Å². The molecular weight excluding hydrogens is 519 g/mol. The van der Waals surface area contributed by atoms with Gasteiger partial charge >= 0.3 is 12.1 Å². The molecule has 202 valence electrons. The number of hydrogen-bond acceptors (Lipinski definition) is 8. The van der Waals surface area contributed by atoms with E-state index in [1.165, 1.54) is 31.5 Å². The summed E-state index contributed by atoms with van der Waals surface area (Å²) in [6, 6.07) is 6.70. The number of fused-ring (bicyclic) bond motifs is 1. The van der Waals surface area contributed by atoms with Crippen molar-refractivity contribution in [1.29, 1.82) is 0 Å². The van der Waals surface area contributed by atoms with Gasteiger partial charge in [-0.25, -0.2) is 4.98 Å². The molecule has 1 aliphatic heterocycles. The van der Waals surface area contributed by atoms with E-state index in [-0.39, 0.29) is 17.3 Å². The third kappa shape index (κ3) is 5.07. The lowest BCUT2D eigenvalue weighted by Crippen LogP contribution is -2.40. The molecule has 1 aromatic carbocycles. The molecule has 0 atom stereocenters. The van der Waals surface area contributed by atoms with Crippen molar-refractivity contribution in [3.63, 3.8) is 0 Å². The SMILES string of the molecule is COc1ncc(OC)c2c(C(=O)C(=O)N3CCC(=Cc4cccc(-c5nnc(C(F)(F)F)o5)c4)CC3)c[nH]c12. The first-order valence-electron chi connectivity index (χ1n) is 11.8. The number of carbonyl (C=O) groups excluding carboxylic acids is 2. The fraction of sp³-hybridized carbons (Fsp3) is 0.269. The maximum atomic E-state index is 13.2. The van der Waals surface area contributed by atoms with Crippen molar-refractivity contribution in [2.24, 2.45) is 0 Å². The number of aromatic amines is 1. The van der Waals surface area contributed by atoms with Crippen LogP contribution in [0.15, 0.2) is 46.6 Å². The summed E-state index contributed by atoms with van der Waals surface area (Å²) in [5.41, 5.74) is 2.73. The maximum absolute atomic E-state index is 13.2. The molecule has 4 aromatic rings. The van der Waals surface area contributed by atoms with Gasteiger partial charge in [-0.3, -0.25) is 9.59 Å². The minimum absolute atomic E-state index is 0.167. The lowest BCUT2D eigenvalue weighted by molar-refractivity contribution is -0.157. The van der Waals surface area contributed by atoms with E-state index in [0.717, 1.165) is 11.1 Å². The molecule has 13 heteroatoms. The van der Waals surface area contributed by atoms with Crippen molar-refractivity contribution in [2.45, 2.75) is 19.0 Å². The maximum Gasteiger partial charge on any atom is 0.470 e. The van der Waals surface area contributed by atoms with Gasteiger partial charge < -0.3 is 23.8 Å². The number of pyridine rings is 1. The van der Waals surface area contributed by atoms with Gasteiger partial charge in [-0.2, -0.15) is 13.2 Å². The third-order valence-corrected chi connectivity index (χ3v) is 6.36. The zero-order valence-corrected chi connectivity index (χ0v) is 20.8. The van der Waals surface area contributed by atoms with Gasteiger partial charge in [0.05, 0.1) is 31.4 Å². The molecule has 1 fully saturated rings. The molecule has 0 spiro atoms. The zero-order valence-electron chi connectivity index (χ0n) is 20.8. The van der Waals surface area contributed by atoms with Crippen LogP contribution in [0.3, 0.4) is 0 Å². The summed E-state index contributed by atoms with van der Waals surface area (Å²) in [6.07, 6.45) is 1.10. The second-order valence-corrected chi connectivity index (χ2v) is 8.75. The fourth-order valence-corrected chi connectivity index (χ4v) is 4.43. The summed E-state index contributed by atoms with van der Waals surface area (Å²) in [7, 11) is 2.90. The highest BCUT2D eigenvalue weighted by Gasteiger charge is 2.38. The molecule has 0 bridgehead atoms. The Kier molecular flexibility index (Phi) is 6.81. The fourth-order valence-electron chi connectivity index (χ4n) is 4.43. The number of carbonyl (C=O) groups is 2. The standard InChI is InChI=1S/C26H22F3N5O5/c1-37-18-13-31-23(38-2)20-19(18)17(12-30-20)21(35)24(36)34-8-6-14(7-9-34)10-15-4-3-5-16(11-15)22-32-33-25(39-22)26(27,28)29/h3-5,10-13,30H,6-9H2,1-2H3. The van der Waals surface area contributed by atoms with E-state index in [0.29, 0.717) is 48.1 Å². The topological polar surface area (TPSA) is 123 Å². The van der Waals surface area contributed by atoms with Crippen LogP contribution in [0.25, 0.3) is 28.4 Å². The van der Waals surface area contributed by atoms with Crippen LogP contribution in [0, 0.1) is 0 Å². The number of methoxy groups -OCH3 is 2. The number of nitrogens with zero attached hydrogens (tertiary/aromatic N) is 4. The molecule has 10 nitrogen and oxygen atoms in total. The summed E-state index contributed by atoms with van der Waals surface area (Å²) < 4.78 is 53.7. The molecule has 1 N–H and O–H groups in total. The monoisotopic (exact) mass is 541 g/mol. The summed E-state index contributed by atoms with van der Waals surface area (Å²) >= 11 is 0. The predicted octanol–water partition coefficient (Wildman–Crippen LogP) is 4.54. The molecule has 0 aliphatic carbocycles. The average molecular weight is 541 g/mol. The highest BCUT2D eigenvalue weighted by atomic mass is 19.4. The number of amides is 1. The van der Waals surface area contributed by atoms with Crippen molar-refractivity contribution < 1.29 is 36.7 Å². The molecule has 0 radical (unpaired) electrons. The lowest BCUT2D eigenvalue weighted by atomic mass is 9.99. The number of Topliss-reactive ketones (excluding diaryl/α,β-unsaturated/α-hetero) is 1. The number of hydrogen-bond donors (Lipinski definition) is 1. The van der Waals surface area contributed by atoms with Crippen LogP contribution in [-0.2, 0) is 11.0 Å². The number of likely N-dealkylation sites (tertiary alicyclic amines) is 1. The number of piperidine rings is 1. The van der Waals surface area contributed by atoms with Gasteiger partial charge in [-0.15, -0.1) is 10.2 Å². The number of aromatic nitrogens is 4. The molecular formula is C26H22F3N5O5. The Labute approximate surface area is 219 Å². The largest absolute Gasteiger partial charge is 0.494 e. The second-order valence-electron chi connectivity index (χ2n) is 8.75. The zero-order chi connectivity index (χ0) is 27.7. The Balaban J connectivity index is 1.28. The van der Waals surface area contributed by atoms with Crippen molar-refractivity contribution in [3.05, 3.63) is 59.2 Å². The Bertz CT molecular complexity index is 1580. The van der Waals surface area contributed by atoms with E-state index in [2.05, 4.69) is 20.2 Å². The number of ketones is 1. The van der Waals surface area contributed by atoms with E-state index >= 15 is 0 Å². The van der Waals surface area contributed by atoms with Gasteiger partial charge in [0.2, 0.25) is 11.8 Å². The number of alkyl halides is 3. The minimum atomic E-state index is -4.72. The van der Waals surface area contributed by atoms with Crippen LogP contribution in [0.5, 0.6) is 11.6 Å². The van der Waals surface area contributed by atoms with Gasteiger partial charge in [0.25, 0.3) is 11.7 Å². The Morgan fingerprint density at radius 1 is 1.13 bits per heavy atom. The Hall–Kier alpha value is -4.68. The number of halogens is 3. The molecule has 3 aromatic heterocycles. The van der Waals surface area contributed by atoms with E-state index < -0.39 is 23.8 Å². The van der Waals surface area contributed by atoms with Gasteiger partial charge in [0.15, 0.2) is 0 Å². The number of nitrogens with one attached hydrogen (secondary N) is 1. The predicted molar refractivity (Wildman–Crippen MR) is 132 cm³/mol. The first-order chi connectivity index (χ1) is 18.7. The normalized spacial score (nSPS) is 14.0. The van der Waals surface area contributed by atoms with E-state index in [1.54, 1.807) is 24.3 Å². The molecule has 1 aliphatic rings. The van der Waals surface area contributed by atoms with Gasteiger partial charge in [-0.1, -0.05) is 23.8 Å². The van der Waals surface area contributed by atoms with E-state index in [1.807, 2.05) is 6.08 Å². The molecule has 4 heterocycles. The van der Waals surface area contributed by atoms with Crippen LogP contribution in [-0.4, -0.2) is 64.1 Å². The van der Waals surface area contributed by atoms with Crippen LogP contribution in [0.2, 0.25) is 0 Å². The quantitative estimate of drug-likeness (QED) is 0.279. The number of benzene rings is 1. The summed E-state index contributed by atoms with van der Waals surface area (Å²) in [6.45, 7) is 0.665. The van der Waals surface area contributed by atoms with Crippen molar-refractivity contribution >= 4 is 28.7 Å². The van der Waals surface area contributed by atoms with Gasteiger partial charge in [0, 0.05) is 24.8 Å². The van der Waals surface area contributed by atoms with Crippen molar-refractivity contribution in [1.82, 2.24) is 25.1 Å². The van der Waals surface area contributed by atoms with Gasteiger partial charge in [-0.05, 0) is 30.5 Å². The lowest BCUT2D eigenvalue weighted by Gasteiger charge is -2.28. The first-order valence-corrected chi connectivity index (χ1v) is 11.8. The van der Waals surface area contributed by atoms with Crippen LogP contribution in [0.1, 0.15) is 34.7 Å². The van der Waals surface area contributed by atoms with Crippen LogP contribution < -0.4 is 9.47 Å². The number of H-pyrrole nitrogens is 1. The molecule has 0 unspecified atom stereocenters. The van der Waals surface area contributed by atoms with Crippen LogP contribution in [0.4, 0.5) is 13.2 Å². The smallest absolute Gasteiger partial charge is 0.470 e. The molecule has 1 amide bonds. The Morgan fingerprint density at radius 2 is 1.90 bits per heavy atom. The summed E-state index contributed by atoms with van der Waals surface area (Å²) in [5.74, 6) is -2.34. The second kappa shape index (κ2) is 10.2. The number of ether oxygens (including phenoxy) is 2. The first kappa shape index (κ1) is 25.9. The molecule has 0 saturated carbocycles. The van der Waals surface area contributed by atoms with Crippen molar-refractivity contribution in [3.8, 4) is 23.1 Å². The van der Waals surface area contributed by atoms with Crippen LogP contribution >= 0.6 is 0 Å². The molecule has 1 saturated heterocycles. The highest BCUT2D eigenvalue weighted by Crippen LogP contribution is 2.34. The van der Waals surface area contributed by atoms with E-state index in [9.17, 15) is 22.8 Å². The summed E-state index contributed by atoms with van der Waals surface area (Å²) in [4.78, 5) is 34.8. The minimum Gasteiger partial charge on any atom is -0.494 e. The molecule has 5 rings (SSSR count). The average Bonchev–Trinajstić information content (AvgIpc) is 3.61. The highest BCUT2D eigenvalue weighted by molar-refractivity contribution is 6.45. The number of rotatable bonds is 6. The third-order valence-electron chi connectivity index (χ3n) is 6.36. The Morgan fingerprint density at radius 3 is 2.56 bits per heavy atom. The van der Waals surface area contributed by atoms with E-state index in [4.69, 9.17) is 13.9 Å². The summed E-state index contributed by atoms with van der Waals surface area (Å²) in [5, 5.41) is 6.97.